The third-order valence-electron chi connectivity index (χ3n) is 3.63. The first-order valence-corrected chi connectivity index (χ1v) is 6.59. The molecule has 2 unspecified atom stereocenters. The zero-order valence-electron chi connectivity index (χ0n) is 11.2. The van der Waals surface area contributed by atoms with Crippen LogP contribution in [-0.4, -0.2) is 34.8 Å². The number of aromatic nitrogens is 1. The fraction of sp³-hybridized carbons (Fsp3) is 0.500. The number of ether oxygens (including phenoxy) is 1. The first kappa shape index (κ1) is 12.4. The van der Waals surface area contributed by atoms with E-state index in [2.05, 4.69) is 18.7 Å². The van der Waals surface area contributed by atoms with Gasteiger partial charge < -0.3 is 9.15 Å². The van der Waals surface area contributed by atoms with Gasteiger partial charge in [-0.2, -0.15) is 0 Å². The Bertz CT molecular complexity index is 631. The van der Waals surface area contributed by atoms with E-state index in [1.807, 2.05) is 24.3 Å². The molecule has 5 nitrogen and oxygen atoms in total. The van der Waals surface area contributed by atoms with E-state index in [0.29, 0.717) is 24.9 Å². The van der Waals surface area contributed by atoms with Crippen molar-refractivity contribution in [2.75, 3.05) is 13.2 Å². The summed E-state index contributed by atoms with van der Waals surface area (Å²) in [5, 5.41) is 0. The molecule has 2 heterocycles. The van der Waals surface area contributed by atoms with Crippen molar-refractivity contribution in [3.8, 4) is 0 Å². The first-order valence-electron chi connectivity index (χ1n) is 6.59. The lowest BCUT2D eigenvalue weighted by molar-refractivity contribution is -0.0610. The van der Waals surface area contributed by atoms with Gasteiger partial charge in [-0.05, 0) is 26.0 Å². The van der Waals surface area contributed by atoms with Gasteiger partial charge in [0.2, 0.25) is 0 Å². The number of hydrogen-bond acceptors (Lipinski definition) is 4. The molecule has 0 radical (unpaired) electrons. The molecule has 0 bridgehead atoms. The van der Waals surface area contributed by atoms with Gasteiger partial charge in [0.25, 0.3) is 0 Å². The second kappa shape index (κ2) is 4.83. The van der Waals surface area contributed by atoms with E-state index >= 15 is 0 Å². The van der Waals surface area contributed by atoms with Crippen molar-refractivity contribution in [3.05, 3.63) is 34.8 Å². The molecule has 1 saturated heterocycles. The molecule has 3 rings (SSSR count). The summed E-state index contributed by atoms with van der Waals surface area (Å²) in [6, 6.07) is 7.82. The summed E-state index contributed by atoms with van der Waals surface area (Å²) in [5.41, 5.74) is 1.49. The SMILES string of the molecule is CC1CN(Cn2c(=O)oc3ccccc32)C(C)CO1. The minimum atomic E-state index is -0.299. The maximum atomic E-state index is 11.9. The average molecular weight is 262 g/mol. The minimum absolute atomic E-state index is 0.199. The first-order chi connectivity index (χ1) is 9.15. The molecule has 1 aromatic carbocycles. The lowest BCUT2D eigenvalue weighted by Gasteiger charge is -2.36. The minimum Gasteiger partial charge on any atom is -0.408 e. The smallest absolute Gasteiger partial charge is 0.408 e. The van der Waals surface area contributed by atoms with E-state index in [1.54, 1.807) is 4.57 Å². The summed E-state index contributed by atoms with van der Waals surface area (Å²) in [6.45, 7) is 6.23. The molecular weight excluding hydrogens is 244 g/mol. The molecule has 1 aliphatic heterocycles. The Balaban J connectivity index is 1.92. The quantitative estimate of drug-likeness (QED) is 0.826. The molecule has 0 N–H and O–H groups in total. The average Bonchev–Trinajstić information content (AvgIpc) is 2.71. The van der Waals surface area contributed by atoms with Gasteiger partial charge in [-0.1, -0.05) is 12.1 Å². The standard InChI is InChI=1S/C14H18N2O3/c1-10-8-18-11(2)7-15(10)9-16-12-5-3-4-6-13(12)19-14(16)17/h3-6,10-11H,7-9H2,1-2H3. The molecule has 1 aliphatic rings. The van der Waals surface area contributed by atoms with Gasteiger partial charge in [0.05, 0.1) is 24.9 Å². The number of hydrogen-bond donors (Lipinski definition) is 0. The van der Waals surface area contributed by atoms with Crippen LogP contribution < -0.4 is 5.76 Å². The van der Waals surface area contributed by atoms with Crippen LogP contribution in [0.3, 0.4) is 0 Å². The van der Waals surface area contributed by atoms with E-state index in [1.165, 1.54) is 0 Å². The summed E-state index contributed by atoms with van der Waals surface area (Å²) in [4.78, 5) is 14.2. The predicted octanol–water partition coefficient (Wildman–Crippen LogP) is 1.66. The van der Waals surface area contributed by atoms with Gasteiger partial charge in [0.15, 0.2) is 5.58 Å². The molecule has 2 atom stereocenters. The van der Waals surface area contributed by atoms with E-state index < -0.39 is 0 Å². The van der Waals surface area contributed by atoms with Gasteiger partial charge in [-0.3, -0.25) is 9.47 Å². The lowest BCUT2D eigenvalue weighted by Crippen LogP contribution is -2.48. The van der Waals surface area contributed by atoms with Crippen molar-refractivity contribution < 1.29 is 9.15 Å². The zero-order chi connectivity index (χ0) is 13.4. The predicted molar refractivity (Wildman–Crippen MR) is 72.1 cm³/mol. The van der Waals surface area contributed by atoms with Crippen LogP contribution in [0.15, 0.2) is 33.5 Å². The summed E-state index contributed by atoms with van der Waals surface area (Å²) < 4.78 is 12.5. The summed E-state index contributed by atoms with van der Waals surface area (Å²) in [5.74, 6) is -0.299. The maximum Gasteiger partial charge on any atom is 0.421 e. The number of nitrogens with zero attached hydrogens (tertiary/aromatic N) is 2. The highest BCUT2D eigenvalue weighted by molar-refractivity contribution is 5.72. The Kier molecular flexibility index (Phi) is 3.16. The summed E-state index contributed by atoms with van der Waals surface area (Å²) >= 11 is 0. The monoisotopic (exact) mass is 262 g/mol. The van der Waals surface area contributed by atoms with Crippen LogP contribution in [0.5, 0.6) is 0 Å². The number of morpholine rings is 1. The summed E-state index contributed by atoms with van der Waals surface area (Å²) in [6.07, 6.45) is 0.199. The molecule has 0 amide bonds. The van der Waals surface area contributed by atoms with Crippen LogP contribution in [0.25, 0.3) is 11.1 Å². The Morgan fingerprint density at radius 3 is 2.95 bits per heavy atom. The highest BCUT2D eigenvalue weighted by atomic mass is 16.5. The van der Waals surface area contributed by atoms with Crippen molar-refractivity contribution in [1.82, 2.24) is 9.47 Å². The van der Waals surface area contributed by atoms with Crippen LogP contribution in [0.4, 0.5) is 0 Å². The molecule has 102 valence electrons. The van der Waals surface area contributed by atoms with Gasteiger partial charge in [-0.15, -0.1) is 0 Å². The van der Waals surface area contributed by atoms with Crippen LogP contribution in [0.1, 0.15) is 13.8 Å². The van der Waals surface area contributed by atoms with Crippen LogP contribution >= 0.6 is 0 Å². The lowest BCUT2D eigenvalue weighted by atomic mass is 10.2. The number of rotatable bonds is 2. The number of oxazole rings is 1. The molecular formula is C14H18N2O3. The highest BCUT2D eigenvalue weighted by Gasteiger charge is 2.24. The van der Waals surface area contributed by atoms with Crippen molar-refractivity contribution in [1.29, 1.82) is 0 Å². The number of para-hydroxylation sites is 2. The molecule has 2 aromatic rings. The second-order valence-electron chi connectivity index (χ2n) is 5.17. The fourth-order valence-electron chi connectivity index (χ4n) is 2.50. The van der Waals surface area contributed by atoms with Gasteiger partial charge in [0.1, 0.15) is 0 Å². The third-order valence-corrected chi connectivity index (χ3v) is 3.63. The van der Waals surface area contributed by atoms with Crippen LogP contribution in [0, 0.1) is 0 Å². The van der Waals surface area contributed by atoms with Crippen molar-refractivity contribution in [3.63, 3.8) is 0 Å². The molecule has 19 heavy (non-hydrogen) atoms. The van der Waals surface area contributed by atoms with E-state index in [4.69, 9.17) is 9.15 Å². The zero-order valence-corrected chi connectivity index (χ0v) is 11.2. The second-order valence-corrected chi connectivity index (χ2v) is 5.17. The van der Waals surface area contributed by atoms with Gasteiger partial charge in [-0.25, -0.2) is 4.79 Å². The maximum absolute atomic E-state index is 11.9. The molecule has 0 aliphatic carbocycles. The highest BCUT2D eigenvalue weighted by Crippen LogP contribution is 2.16. The number of benzene rings is 1. The van der Waals surface area contributed by atoms with Crippen LogP contribution in [-0.2, 0) is 11.4 Å². The topological polar surface area (TPSA) is 47.6 Å². The van der Waals surface area contributed by atoms with Gasteiger partial charge in [0, 0.05) is 12.6 Å². The van der Waals surface area contributed by atoms with Crippen molar-refractivity contribution in [2.24, 2.45) is 0 Å². The van der Waals surface area contributed by atoms with Crippen LogP contribution in [0.2, 0.25) is 0 Å². The molecule has 1 aromatic heterocycles. The van der Waals surface area contributed by atoms with E-state index in [0.717, 1.165) is 12.1 Å². The molecule has 1 fully saturated rings. The normalized spacial score (nSPS) is 24.9. The largest absolute Gasteiger partial charge is 0.421 e. The Morgan fingerprint density at radius 1 is 1.32 bits per heavy atom. The Labute approximate surface area is 111 Å². The molecule has 0 spiro atoms. The Hall–Kier alpha value is -1.59. The third kappa shape index (κ3) is 2.31. The number of fused-ring (bicyclic) bond motifs is 1. The molecule has 0 saturated carbocycles. The summed E-state index contributed by atoms with van der Waals surface area (Å²) in [7, 11) is 0. The Morgan fingerprint density at radius 2 is 2.11 bits per heavy atom. The van der Waals surface area contributed by atoms with Crippen molar-refractivity contribution in [2.45, 2.75) is 32.7 Å². The molecule has 5 heteroatoms. The van der Waals surface area contributed by atoms with E-state index in [9.17, 15) is 4.79 Å². The van der Waals surface area contributed by atoms with Crippen molar-refractivity contribution >= 4 is 11.1 Å². The van der Waals surface area contributed by atoms with E-state index in [-0.39, 0.29) is 11.9 Å². The fourth-order valence-corrected chi connectivity index (χ4v) is 2.50. The van der Waals surface area contributed by atoms with Gasteiger partial charge >= 0.3 is 5.76 Å².